The number of rotatable bonds is 7. The number of halogens is 1. The van der Waals surface area contributed by atoms with Gasteiger partial charge in [-0.1, -0.05) is 35.0 Å². The number of aromatic nitrogens is 2. The molecule has 0 spiro atoms. The van der Waals surface area contributed by atoms with Crippen LogP contribution in [0.4, 0.5) is 5.69 Å². The second-order valence-electron chi connectivity index (χ2n) is 8.09. The molecule has 1 amide bonds. The number of benzene rings is 2. The molecule has 1 N–H and O–H groups in total. The maximum atomic E-state index is 13.0. The maximum Gasteiger partial charge on any atom is 0.265 e. The molecule has 0 radical (unpaired) electrons. The fraction of sp³-hybridized carbons (Fsp3) is 0.318. The smallest absolute Gasteiger partial charge is 0.265 e. The summed E-state index contributed by atoms with van der Waals surface area (Å²) < 4.78 is 39.4. The number of carbonyl (C=O) groups is 1. The number of nitrogens with one attached hydrogen (secondary N) is 1. The first kappa shape index (κ1) is 21.9. The van der Waals surface area contributed by atoms with E-state index < -0.39 is 10.0 Å². The van der Waals surface area contributed by atoms with E-state index in [2.05, 4.69) is 14.9 Å². The van der Waals surface area contributed by atoms with Gasteiger partial charge in [0, 0.05) is 23.6 Å². The molecule has 11 heteroatoms. The molecule has 5 rings (SSSR count). The van der Waals surface area contributed by atoms with Crippen molar-refractivity contribution < 1.29 is 22.5 Å². The molecule has 2 aliphatic rings. The Morgan fingerprint density at radius 3 is 2.79 bits per heavy atom. The number of ether oxygens (including phenoxy) is 1. The summed E-state index contributed by atoms with van der Waals surface area (Å²) >= 11 is 6.13. The van der Waals surface area contributed by atoms with Crippen LogP contribution in [0.3, 0.4) is 0 Å². The summed E-state index contributed by atoms with van der Waals surface area (Å²) in [4.78, 5) is 18.5. The Morgan fingerprint density at radius 2 is 2.03 bits per heavy atom. The molecule has 3 aromatic rings. The predicted molar refractivity (Wildman–Crippen MR) is 120 cm³/mol. The van der Waals surface area contributed by atoms with Crippen LogP contribution in [-0.2, 0) is 27.9 Å². The molecule has 0 atom stereocenters. The molecule has 172 valence electrons. The van der Waals surface area contributed by atoms with Crippen LogP contribution < -0.4 is 14.4 Å². The van der Waals surface area contributed by atoms with Crippen molar-refractivity contribution in [2.45, 2.75) is 43.7 Å². The molecule has 1 aromatic heterocycles. The zero-order valence-corrected chi connectivity index (χ0v) is 19.3. The third kappa shape index (κ3) is 4.46. The van der Waals surface area contributed by atoms with Crippen LogP contribution in [0.25, 0.3) is 0 Å². The van der Waals surface area contributed by atoms with Crippen LogP contribution >= 0.6 is 11.6 Å². The number of nitrogens with zero attached hydrogens (tertiary/aromatic N) is 3. The van der Waals surface area contributed by atoms with Gasteiger partial charge in [-0.15, -0.1) is 0 Å². The molecule has 1 fully saturated rings. The van der Waals surface area contributed by atoms with E-state index in [1.807, 2.05) is 0 Å². The minimum Gasteiger partial charge on any atom is -0.482 e. The summed E-state index contributed by atoms with van der Waals surface area (Å²) in [6.45, 7) is 1.62. The van der Waals surface area contributed by atoms with Crippen molar-refractivity contribution in [3.8, 4) is 5.75 Å². The molecule has 0 saturated heterocycles. The highest BCUT2D eigenvalue weighted by Gasteiger charge is 2.32. The molecular weight excluding hydrogens is 468 g/mol. The SMILES string of the molecule is Cc1cc2c(cc1S(=O)(=O)NCc1ccccc1Cl)OCC(=O)N2Cc1noc(C2CC2)n1. The van der Waals surface area contributed by atoms with Crippen LogP contribution in [0.5, 0.6) is 5.75 Å². The predicted octanol–water partition coefficient (Wildman–Crippen LogP) is 3.31. The Labute approximate surface area is 195 Å². The summed E-state index contributed by atoms with van der Waals surface area (Å²) in [7, 11) is -3.86. The van der Waals surface area contributed by atoms with Crippen LogP contribution in [0.15, 0.2) is 45.8 Å². The zero-order chi connectivity index (χ0) is 23.2. The van der Waals surface area contributed by atoms with Gasteiger partial charge >= 0.3 is 0 Å². The van der Waals surface area contributed by atoms with Gasteiger partial charge < -0.3 is 9.26 Å². The van der Waals surface area contributed by atoms with Crippen molar-refractivity contribution in [2.24, 2.45) is 0 Å². The zero-order valence-electron chi connectivity index (χ0n) is 17.7. The average Bonchev–Trinajstić information content (AvgIpc) is 3.53. The van der Waals surface area contributed by atoms with E-state index in [9.17, 15) is 13.2 Å². The second kappa shape index (κ2) is 8.44. The Bertz CT molecular complexity index is 1340. The monoisotopic (exact) mass is 488 g/mol. The van der Waals surface area contributed by atoms with Crippen LogP contribution in [0.1, 0.15) is 41.6 Å². The lowest BCUT2D eigenvalue weighted by molar-refractivity contribution is -0.121. The molecule has 2 aromatic carbocycles. The van der Waals surface area contributed by atoms with Gasteiger partial charge in [-0.25, -0.2) is 13.1 Å². The molecule has 33 heavy (non-hydrogen) atoms. The van der Waals surface area contributed by atoms with Crippen LogP contribution in [0.2, 0.25) is 5.02 Å². The van der Waals surface area contributed by atoms with Gasteiger partial charge in [-0.2, -0.15) is 4.98 Å². The second-order valence-corrected chi connectivity index (χ2v) is 10.2. The van der Waals surface area contributed by atoms with E-state index in [0.29, 0.717) is 45.2 Å². The van der Waals surface area contributed by atoms with E-state index in [4.69, 9.17) is 20.9 Å². The number of fused-ring (bicyclic) bond motifs is 1. The normalized spacial score (nSPS) is 15.9. The van der Waals surface area contributed by atoms with Crippen LogP contribution in [-0.4, -0.2) is 31.1 Å². The molecule has 2 heterocycles. The van der Waals surface area contributed by atoms with Gasteiger partial charge in [0.05, 0.1) is 17.1 Å². The molecule has 9 nitrogen and oxygen atoms in total. The first-order chi connectivity index (χ1) is 15.8. The van der Waals surface area contributed by atoms with Gasteiger partial charge in [0.15, 0.2) is 12.4 Å². The van der Waals surface area contributed by atoms with Crippen LogP contribution in [0, 0.1) is 6.92 Å². The number of amides is 1. The standard InChI is InChI=1S/C22H21ClN4O5S/c1-13-8-17-18(9-19(13)33(29,30)24-10-15-4-2-3-5-16(15)23)31-12-21(28)27(17)11-20-25-22(32-26-20)14-6-7-14/h2-5,8-9,14,24H,6-7,10-12H2,1H3. The fourth-order valence-corrected chi connectivity index (χ4v) is 5.11. The number of carbonyl (C=O) groups excluding carboxylic acids is 1. The van der Waals surface area contributed by atoms with Gasteiger partial charge in [0.1, 0.15) is 5.75 Å². The third-order valence-electron chi connectivity index (χ3n) is 5.61. The lowest BCUT2D eigenvalue weighted by atomic mass is 10.1. The topological polar surface area (TPSA) is 115 Å². The Hall–Kier alpha value is -2.95. The minimum atomic E-state index is -3.86. The fourth-order valence-electron chi connectivity index (χ4n) is 3.66. The van der Waals surface area contributed by atoms with Crippen molar-refractivity contribution in [2.75, 3.05) is 11.5 Å². The van der Waals surface area contributed by atoms with E-state index in [1.54, 1.807) is 37.3 Å². The van der Waals surface area contributed by atoms with E-state index in [-0.39, 0.29) is 30.5 Å². The summed E-state index contributed by atoms with van der Waals surface area (Å²) in [5.74, 6) is 1.32. The summed E-state index contributed by atoms with van der Waals surface area (Å²) in [6.07, 6.45) is 2.06. The highest BCUT2D eigenvalue weighted by molar-refractivity contribution is 7.89. The van der Waals surface area contributed by atoms with Crippen molar-refractivity contribution in [1.82, 2.24) is 14.9 Å². The van der Waals surface area contributed by atoms with Gasteiger partial charge in [0.2, 0.25) is 15.9 Å². The van der Waals surface area contributed by atoms with Crippen molar-refractivity contribution in [3.63, 3.8) is 0 Å². The lowest BCUT2D eigenvalue weighted by Crippen LogP contribution is -2.38. The number of aryl methyl sites for hydroxylation is 1. The van der Waals surface area contributed by atoms with Gasteiger partial charge in [0.25, 0.3) is 5.91 Å². The Morgan fingerprint density at radius 1 is 1.24 bits per heavy atom. The van der Waals surface area contributed by atoms with Crippen molar-refractivity contribution >= 4 is 33.2 Å². The van der Waals surface area contributed by atoms with Crippen molar-refractivity contribution in [3.05, 3.63) is 64.3 Å². The van der Waals surface area contributed by atoms with Crippen molar-refractivity contribution in [1.29, 1.82) is 0 Å². The quantitative estimate of drug-likeness (QED) is 0.542. The van der Waals surface area contributed by atoms with E-state index in [0.717, 1.165) is 12.8 Å². The number of anilines is 1. The average molecular weight is 489 g/mol. The van der Waals surface area contributed by atoms with Gasteiger partial charge in [-0.05, 0) is 43.0 Å². The molecule has 1 saturated carbocycles. The summed E-state index contributed by atoms with van der Waals surface area (Å²) in [6, 6.07) is 10.1. The van der Waals surface area contributed by atoms with E-state index >= 15 is 0 Å². The first-order valence-electron chi connectivity index (χ1n) is 10.4. The third-order valence-corrected chi connectivity index (χ3v) is 7.52. The minimum absolute atomic E-state index is 0.0468. The Kier molecular flexibility index (Phi) is 5.59. The molecular formula is C22H21ClN4O5S. The maximum absolute atomic E-state index is 13.0. The van der Waals surface area contributed by atoms with Gasteiger partial charge in [-0.3, -0.25) is 9.69 Å². The Balaban J connectivity index is 1.40. The number of hydrogen-bond acceptors (Lipinski definition) is 7. The molecule has 1 aliphatic heterocycles. The number of hydrogen-bond donors (Lipinski definition) is 1. The summed E-state index contributed by atoms with van der Waals surface area (Å²) in [5, 5.41) is 4.46. The molecule has 0 bridgehead atoms. The van der Waals surface area contributed by atoms with E-state index in [1.165, 1.54) is 11.0 Å². The lowest BCUT2D eigenvalue weighted by Gasteiger charge is -2.29. The highest BCUT2D eigenvalue weighted by Crippen LogP contribution is 2.40. The molecule has 1 aliphatic carbocycles. The largest absolute Gasteiger partial charge is 0.482 e. The number of sulfonamides is 1. The first-order valence-corrected chi connectivity index (χ1v) is 12.3. The summed E-state index contributed by atoms with van der Waals surface area (Å²) in [5.41, 5.74) is 1.60. The molecule has 0 unspecified atom stereocenters. The highest BCUT2D eigenvalue weighted by atomic mass is 35.5.